The Labute approximate surface area is 121 Å². The van der Waals surface area contributed by atoms with Gasteiger partial charge in [0.25, 0.3) is 5.59 Å². The fraction of sp³-hybridized carbons (Fsp3) is 0.545. The zero-order valence-electron chi connectivity index (χ0n) is 11.9. The number of aromatic nitrogens is 4. The Morgan fingerprint density at radius 3 is 2.71 bits per heavy atom. The van der Waals surface area contributed by atoms with Crippen LogP contribution in [0.25, 0.3) is 11.2 Å². The molecule has 0 aliphatic carbocycles. The van der Waals surface area contributed by atoms with Gasteiger partial charge in [0.15, 0.2) is 16.9 Å². The maximum atomic E-state index is 13.6. The molecule has 0 aromatic carbocycles. The first-order chi connectivity index (χ1) is 9.95. The molecular formula is C11H15N5O3P2. The second kappa shape index (κ2) is 3.87. The van der Waals surface area contributed by atoms with Gasteiger partial charge in [-0.3, -0.25) is 4.57 Å². The van der Waals surface area contributed by atoms with Crippen LogP contribution >= 0.6 is 14.4 Å². The Bertz CT molecular complexity index is 863. The Balaban J connectivity index is 2.21. The summed E-state index contributed by atoms with van der Waals surface area (Å²) in [5, 5.41) is 0. The quantitative estimate of drug-likeness (QED) is 0.768. The van der Waals surface area contributed by atoms with Crippen molar-refractivity contribution in [3.8, 4) is 0 Å². The summed E-state index contributed by atoms with van der Waals surface area (Å²) < 4.78 is 30.1. The minimum Gasteiger partial charge on any atom is -0.389 e. The molecule has 2 aliphatic heterocycles. The van der Waals surface area contributed by atoms with Crippen molar-refractivity contribution in [2.24, 2.45) is 0 Å². The molecule has 10 heteroatoms. The smallest absolute Gasteiger partial charge is 0.253 e. The molecule has 112 valence electrons. The highest BCUT2D eigenvalue weighted by Crippen LogP contribution is 2.70. The lowest BCUT2D eigenvalue weighted by molar-refractivity contribution is 0.131. The third-order valence-electron chi connectivity index (χ3n) is 4.32. The lowest BCUT2D eigenvalue weighted by Gasteiger charge is -2.34. The van der Waals surface area contributed by atoms with E-state index < -0.39 is 20.0 Å². The summed E-state index contributed by atoms with van der Waals surface area (Å²) in [5.41, 5.74) is 0.349. The van der Waals surface area contributed by atoms with Gasteiger partial charge in [0, 0.05) is 19.4 Å². The van der Waals surface area contributed by atoms with Gasteiger partial charge in [-0.05, 0) is 0 Å². The minimum absolute atomic E-state index is 0.259. The van der Waals surface area contributed by atoms with E-state index in [0.717, 1.165) is 0 Å². The Kier molecular flexibility index (Phi) is 2.45. The van der Waals surface area contributed by atoms with Crippen molar-refractivity contribution in [2.75, 3.05) is 24.0 Å². The summed E-state index contributed by atoms with van der Waals surface area (Å²) in [6, 6.07) is 0. The third kappa shape index (κ3) is 1.35. The van der Waals surface area contributed by atoms with Crippen molar-refractivity contribution >= 4 is 37.0 Å². The molecular weight excluding hydrogens is 312 g/mol. The van der Waals surface area contributed by atoms with Crippen LogP contribution in [0.2, 0.25) is 0 Å². The number of nitrogens with zero attached hydrogens (tertiary/aromatic N) is 5. The van der Waals surface area contributed by atoms with Crippen molar-refractivity contribution in [2.45, 2.75) is 19.4 Å². The van der Waals surface area contributed by atoms with E-state index in [4.69, 9.17) is 4.84 Å². The van der Waals surface area contributed by atoms with E-state index in [2.05, 4.69) is 15.0 Å². The average molecular weight is 327 g/mol. The molecule has 21 heavy (non-hydrogen) atoms. The second-order valence-corrected chi connectivity index (χ2v) is 11.9. The number of hydrogen-bond donors (Lipinski definition) is 0. The van der Waals surface area contributed by atoms with Crippen molar-refractivity contribution in [3.05, 3.63) is 6.33 Å². The van der Waals surface area contributed by atoms with Gasteiger partial charge in [-0.25, -0.2) is 15.0 Å². The van der Waals surface area contributed by atoms with Crippen LogP contribution in [-0.4, -0.2) is 44.6 Å². The van der Waals surface area contributed by atoms with Crippen LogP contribution in [-0.2, 0) is 9.13 Å². The monoisotopic (exact) mass is 327 g/mol. The Hall–Kier alpha value is -1.39. The first-order valence-electron chi connectivity index (χ1n) is 6.80. The number of rotatable bonds is 2. The predicted molar refractivity (Wildman–Crippen MR) is 80.0 cm³/mol. The van der Waals surface area contributed by atoms with E-state index in [0.29, 0.717) is 29.3 Å². The Morgan fingerprint density at radius 1 is 1.29 bits per heavy atom. The summed E-state index contributed by atoms with van der Waals surface area (Å²) in [6.45, 7) is 3.62. The van der Waals surface area contributed by atoms with Gasteiger partial charge in [0.05, 0.1) is 0 Å². The van der Waals surface area contributed by atoms with Crippen LogP contribution in [0.1, 0.15) is 13.8 Å². The van der Waals surface area contributed by atoms with E-state index in [-0.39, 0.29) is 5.57 Å². The summed E-state index contributed by atoms with van der Waals surface area (Å²) in [4.78, 5) is 18.9. The molecule has 2 aliphatic rings. The van der Waals surface area contributed by atoms with E-state index in [1.165, 1.54) is 11.1 Å². The molecule has 2 aromatic rings. The molecule has 0 saturated heterocycles. The van der Waals surface area contributed by atoms with Gasteiger partial charge >= 0.3 is 0 Å². The summed E-state index contributed by atoms with van der Waals surface area (Å²) in [5.74, 6) is 0.485. The highest BCUT2D eigenvalue weighted by molar-refractivity contribution is 7.85. The van der Waals surface area contributed by atoms with Crippen LogP contribution in [0.15, 0.2) is 6.33 Å². The fourth-order valence-corrected chi connectivity index (χ4v) is 10.3. The maximum Gasteiger partial charge on any atom is 0.253 e. The molecule has 4 bridgehead atoms. The first kappa shape index (κ1) is 13.3. The van der Waals surface area contributed by atoms with Crippen molar-refractivity contribution in [1.29, 1.82) is 0 Å². The molecule has 0 radical (unpaired) electrons. The lowest BCUT2D eigenvalue weighted by atomic mass is 10.5. The highest BCUT2D eigenvalue weighted by atomic mass is 31.2. The Morgan fingerprint density at radius 2 is 2.05 bits per heavy atom. The molecule has 0 amide bonds. The highest BCUT2D eigenvalue weighted by Gasteiger charge is 2.56. The van der Waals surface area contributed by atoms with Crippen LogP contribution in [0.5, 0.6) is 0 Å². The van der Waals surface area contributed by atoms with E-state index in [1.807, 2.05) is 6.92 Å². The minimum atomic E-state index is -3.11. The van der Waals surface area contributed by atoms with Crippen LogP contribution < -0.4 is 15.1 Å². The largest absolute Gasteiger partial charge is 0.389 e. The molecule has 2 aromatic heterocycles. The lowest BCUT2D eigenvalue weighted by Crippen LogP contribution is -2.33. The van der Waals surface area contributed by atoms with Gasteiger partial charge in [-0.2, -0.15) is 4.73 Å². The summed E-state index contributed by atoms with van der Waals surface area (Å²) in [6.07, 6.45) is 2.14. The zero-order valence-corrected chi connectivity index (χ0v) is 13.7. The SMILES string of the molecule is CCP1(=O)c2nc3c4ncn(c4n2)OC1P(=O)(CC)N3C. The van der Waals surface area contributed by atoms with Crippen LogP contribution in [0.4, 0.5) is 5.82 Å². The predicted octanol–water partition coefficient (Wildman–Crippen LogP) is 1.31. The molecule has 0 N–H and O–H groups in total. The normalized spacial score (nSPS) is 33.5. The fourth-order valence-electron chi connectivity index (χ4n) is 2.94. The molecule has 0 spiro atoms. The van der Waals surface area contributed by atoms with E-state index in [1.54, 1.807) is 18.6 Å². The van der Waals surface area contributed by atoms with E-state index in [9.17, 15) is 9.13 Å². The number of fused-ring (bicyclic) bond motifs is 3. The number of hydrogen-bond acceptors (Lipinski definition) is 6. The first-order valence-corrected chi connectivity index (χ1v) is 10.7. The number of anilines is 1. The second-order valence-electron chi connectivity index (χ2n) is 5.23. The molecule has 0 saturated carbocycles. The van der Waals surface area contributed by atoms with E-state index >= 15 is 0 Å². The summed E-state index contributed by atoms with van der Waals surface area (Å²) >= 11 is 0. The molecule has 3 unspecified atom stereocenters. The van der Waals surface area contributed by atoms with Gasteiger partial charge in [0.2, 0.25) is 20.1 Å². The topological polar surface area (TPSA) is 90.2 Å². The van der Waals surface area contributed by atoms with Gasteiger partial charge in [-0.15, -0.1) is 0 Å². The van der Waals surface area contributed by atoms with Crippen LogP contribution in [0, 0.1) is 0 Å². The molecule has 3 atom stereocenters. The maximum absolute atomic E-state index is 13.6. The molecule has 4 rings (SSSR count). The zero-order chi connectivity index (χ0) is 15.0. The van der Waals surface area contributed by atoms with Crippen molar-refractivity contribution < 1.29 is 14.0 Å². The van der Waals surface area contributed by atoms with Crippen LogP contribution in [0.3, 0.4) is 0 Å². The summed E-state index contributed by atoms with van der Waals surface area (Å²) in [7, 11) is -4.46. The van der Waals surface area contributed by atoms with Gasteiger partial charge in [0.1, 0.15) is 6.33 Å². The molecule has 0 fully saturated rings. The van der Waals surface area contributed by atoms with Gasteiger partial charge < -0.3 is 14.1 Å². The standard InChI is InChI=1S/C11H15N5O3P2/c1-4-20(17)10-13-8-7-9(14-10)16(6-12-7)19-11(20)21(18,5-2)15(8)3/h6,11H,4-5H2,1-3H3. The van der Waals surface area contributed by atoms with Crippen molar-refractivity contribution in [1.82, 2.24) is 19.7 Å². The van der Waals surface area contributed by atoms with Gasteiger partial charge in [-0.1, -0.05) is 13.8 Å². The third-order valence-corrected chi connectivity index (χ3v) is 12.0. The molecule has 8 nitrogen and oxygen atoms in total. The molecule has 4 heterocycles. The number of imidazole rings is 1. The van der Waals surface area contributed by atoms with Crippen molar-refractivity contribution in [3.63, 3.8) is 0 Å². The average Bonchev–Trinajstić information content (AvgIpc) is 2.88.